The first-order valence-electron chi connectivity index (χ1n) is 10.4. The van der Waals surface area contributed by atoms with Crippen molar-refractivity contribution < 1.29 is 23.2 Å². The van der Waals surface area contributed by atoms with Crippen molar-refractivity contribution in [2.24, 2.45) is 0 Å². The summed E-state index contributed by atoms with van der Waals surface area (Å²) in [6.45, 7) is 6.97. The third-order valence-electron chi connectivity index (χ3n) is 6.01. The Morgan fingerprint density at radius 3 is 2.64 bits per heavy atom. The molecule has 0 amide bonds. The Balaban J connectivity index is 1.69. The fraction of sp³-hybridized carbons (Fsp3) is 0.308. The summed E-state index contributed by atoms with van der Waals surface area (Å²) >= 11 is -0.820. The van der Waals surface area contributed by atoms with Crippen molar-refractivity contribution in [2.45, 2.75) is 49.3 Å². The predicted octanol–water partition coefficient (Wildman–Crippen LogP) is 7.06. The number of rotatable bonds is 7. The standard InChI is InChI=1S/C16H14P.C10H15.Zr/c1-12-6-2-5-9-15(12)17-16-11-10-13-7-3-4-8-14(13)16;1-3-4-7-10-8-5-6-9(10)2;/h2-11,17H,1H3;8H,3-5,7H2,1-2H3;. The summed E-state index contributed by atoms with van der Waals surface area (Å²) in [5.41, 5.74) is 7.76. The van der Waals surface area contributed by atoms with Gasteiger partial charge in [0.05, 0.1) is 0 Å². The topological polar surface area (TPSA) is 0 Å². The van der Waals surface area contributed by atoms with E-state index in [9.17, 15) is 0 Å². The Bertz CT molecular complexity index is 966. The molecule has 142 valence electrons. The first kappa shape index (κ1) is 20.3. The zero-order chi connectivity index (χ0) is 19.6. The van der Waals surface area contributed by atoms with E-state index in [1.54, 1.807) is 22.0 Å². The molecule has 0 saturated heterocycles. The summed E-state index contributed by atoms with van der Waals surface area (Å²) in [5, 5.41) is 1.54. The summed E-state index contributed by atoms with van der Waals surface area (Å²) in [5.74, 6) is 0. The van der Waals surface area contributed by atoms with Crippen LogP contribution in [-0.2, 0) is 26.1 Å². The van der Waals surface area contributed by atoms with Crippen LogP contribution in [0.15, 0.2) is 75.1 Å². The van der Waals surface area contributed by atoms with Gasteiger partial charge in [-0.3, -0.25) is 0 Å². The summed E-state index contributed by atoms with van der Waals surface area (Å²) < 4.78 is 2.09. The molecule has 2 unspecified atom stereocenters. The Labute approximate surface area is 183 Å². The minimum absolute atomic E-state index is 0.275. The molecule has 0 saturated carbocycles. The first-order chi connectivity index (χ1) is 13.6. The minimum atomic E-state index is -0.820. The summed E-state index contributed by atoms with van der Waals surface area (Å²) in [6, 6.07) is 18.1. The average molecular weight is 464 g/mol. The maximum atomic E-state index is 2.58. The van der Waals surface area contributed by atoms with E-state index in [2.05, 4.69) is 87.5 Å². The van der Waals surface area contributed by atoms with Crippen LogP contribution in [0, 0.1) is 6.92 Å². The molecule has 2 aliphatic carbocycles. The molecule has 2 aromatic rings. The Kier molecular flexibility index (Phi) is 6.35. The maximum absolute atomic E-state index is 2.58. The number of benzene rings is 2. The van der Waals surface area contributed by atoms with Crippen LogP contribution in [0.1, 0.15) is 56.2 Å². The van der Waals surface area contributed by atoms with E-state index < -0.39 is 23.2 Å². The summed E-state index contributed by atoms with van der Waals surface area (Å²) in [6.07, 6.45) is 12.6. The van der Waals surface area contributed by atoms with Gasteiger partial charge in [0.25, 0.3) is 0 Å². The van der Waals surface area contributed by atoms with Crippen molar-refractivity contribution in [3.63, 3.8) is 0 Å². The van der Waals surface area contributed by atoms with Crippen molar-refractivity contribution in [1.82, 2.24) is 0 Å². The van der Waals surface area contributed by atoms with Gasteiger partial charge in [0, 0.05) is 0 Å². The molecule has 2 heteroatoms. The number of unbranched alkanes of at least 4 members (excludes halogenated alkanes) is 1. The van der Waals surface area contributed by atoms with E-state index in [1.807, 2.05) is 3.28 Å². The molecule has 0 spiro atoms. The molecule has 0 aromatic heterocycles. The molecule has 0 aliphatic heterocycles. The van der Waals surface area contributed by atoms with Gasteiger partial charge in [0.15, 0.2) is 0 Å². The van der Waals surface area contributed by atoms with E-state index in [0.717, 1.165) is 8.58 Å². The van der Waals surface area contributed by atoms with Gasteiger partial charge in [-0.05, 0) is 0 Å². The van der Waals surface area contributed by atoms with Crippen molar-refractivity contribution in [1.29, 1.82) is 0 Å². The van der Waals surface area contributed by atoms with Gasteiger partial charge in [-0.15, -0.1) is 0 Å². The second-order valence-corrected chi connectivity index (χ2v) is 14.8. The van der Waals surface area contributed by atoms with Crippen LogP contribution in [0.25, 0.3) is 6.08 Å². The number of fused-ring (bicyclic) bond motifs is 1. The van der Waals surface area contributed by atoms with Crippen LogP contribution in [-0.4, -0.2) is 0 Å². The van der Waals surface area contributed by atoms with Gasteiger partial charge in [-0.2, -0.15) is 0 Å². The molecule has 0 fully saturated rings. The molecule has 28 heavy (non-hydrogen) atoms. The first-order valence-corrected chi connectivity index (χ1v) is 13.9. The van der Waals surface area contributed by atoms with Crippen molar-refractivity contribution in [3.8, 4) is 0 Å². The van der Waals surface area contributed by atoms with Gasteiger partial charge in [0.1, 0.15) is 0 Å². The normalized spacial score (nSPS) is 20.9. The molecule has 0 radical (unpaired) electrons. The van der Waals surface area contributed by atoms with E-state index >= 15 is 0 Å². The molecule has 0 bridgehead atoms. The van der Waals surface area contributed by atoms with Crippen LogP contribution in [0.5, 0.6) is 0 Å². The number of hydrogen-bond acceptors (Lipinski definition) is 0. The van der Waals surface area contributed by atoms with Gasteiger partial charge in [0.2, 0.25) is 0 Å². The molecule has 0 heterocycles. The van der Waals surface area contributed by atoms with E-state index in [0.29, 0.717) is 0 Å². The van der Waals surface area contributed by atoms with Crippen LogP contribution >= 0.6 is 8.58 Å². The molecule has 2 aliphatic rings. The molecule has 0 N–H and O–H groups in total. The molecular weight excluding hydrogens is 434 g/mol. The monoisotopic (exact) mass is 462 g/mol. The zero-order valence-corrected chi connectivity index (χ0v) is 20.6. The molecule has 2 aromatic carbocycles. The van der Waals surface area contributed by atoms with E-state index in [1.165, 1.54) is 36.8 Å². The van der Waals surface area contributed by atoms with Gasteiger partial charge in [-0.25, -0.2) is 0 Å². The predicted molar refractivity (Wildman–Crippen MR) is 121 cm³/mol. The summed E-state index contributed by atoms with van der Waals surface area (Å²) in [7, 11) is 0.835. The zero-order valence-electron chi connectivity index (χ0n) is 17.2. The van der Waals surface area contributed by atoms with Crippen molar-refractivity contribution in [2.75, 3.05) is 0 Å². The third-order valence-corrected chi connectivity index (χ3v) is 13.5. The molecule has 2 atom stereocenters. The van der Waals surface area contributed by atoms with Crippen molar-refractivity contribution >= 4 is 20.0 Å². The number of hydrogen-bond donors (Lipinski definition) is 0. The Hall–Kier alpha value is -1.03. The van der Waals surface area contributed by atoms with Crippen molar-refractivity contribution in [3.05, 3.63) is 91.8 Å². The molecule has 0 nitrogen and oxygen atoms in total. The second kappa shape index (κ2) is 8.77. The van der Waals surface area contributed by atoms with Crippen LogP contribution in [0.2, 0.25) is 0 Å². The average Bonchev–Trinajstić information content (AvgIpc) is 3.24. The quantitative estimate of drug-likeness (QED) is 0.386. The number of aryl methyl sites for hydroxylation is 1. The molecule has 4 rings (SSSR count). The number of allylic oxidation sites excluding steroid dienone is 5. The Morgan fingerprint density at radius 1 is 1.04 bits per heavy atom. The second-order valence-electron chi connectivity index (χ2n) is 7.93. The molecular formula is C26H29PZr. The van der Waals surface area contributed by atoms with Crippen LogP contribution in [0.4, 0.5) is 0 Å². The summed E-state index contributed by atoms with van der Waals surface area (Å²) in [4.78, 5) is 0. The van der Waals surface area contributed by atoms with Gasteiger partial charge >= 0.3 is 184 Å². The SMILES string of the molecule is CCCCC1=CC[C]([Zr][C]2(Pc3ccccc3C)C=Cc3ccccc32)=C1C. The van der Waals surface area contributed by atoms with E-state index in [4.69, 9.17) is 0 Å². The van der Waals surface area contributed by atoms with E-state index in [-0.39, 0.29) is 2.86 Å². The van der Waals surface area contributed by atoms with Crippen LogP contribution in [0.3, 0.4) is 0 Å². The fourth-order valence-electron chi connectivity index (χ4n) is 4.25. The fourth-order valence-corrected chi connectivity index (χ4v) is 11.9. The Morgan fingerprint density at radius 2 is 1.82 bits per heavy atom. The van der Waals surface area contributed by atoms with Crippen LogP contribution < -0.4 is 5.30 Å². The third kappa shape index (κ3) is 3.99. The van der Waals surface area contributed by atoms with Gasteiger partial charge in [-0.1, -0.05) is 0 Å². The van der Waals surface area contributed by atoms with Gasteiger partial charge < -0.3 is 0 Å².